The van der Waals surface area contributed by atoms with Crippen LogP contribution < -0.4 is 4.90 Å². The topological polar surface area (TPSA) is 3.24 Å². The third-order valence-electron chi connectivity index (χ3n) is 16.9. The van der Waals surface area contributed by atoms with Crippen LogP contribution in [0.1, 0.15) is 204 Å². The van der Waals surface area contributed by atoms with Gasteiger partial charge in [0.2, 0.25) is 0 Å². The maximum Gasteiger partial charge on any atom is 0.0713 e. The standard InChI is InChI=1S/C31H26.C23H23N.C21H22.7C2H6/c1-19-3-13-27-28-14-4-20(2)16-30(28)31(29(27)15-19,25-11-9-21-5-7-23(21)17-25)26-12-10-22-6-8-24(22)18-26;1-4-5-20-10-16-23(17-11-20)24(21-12-6-18(2)7-13-21)22-14-8-19(3)9-15-22;1-5-11-21(12-6-2)19-13-15(3)7-9-17(19)18-10-8-16(4)14-20(18)21;7*1-2/h3-4,9-18H,5-8H2,1-2H3;4,6-17H,1,5H2,2-3H3;5-10,13-14H,1-2,11-12H2,3-4H3;7*1-2H3. The number of anilines is 3. The van der Waals surface area contributed by atoms with Gasteiger partial charge < -0.3 is 4.90 Å². The summed E-state index contributed by atoms with van der Waals surface area (Å²) in [5.41, 5.74) is 32.7. The van der Waals surface area contributed by atoms with E-state index in [2.05, 4.69) is 248 Å². The first-order valence-electron chi connectivity index (χ1n) is 34.5. The molecule has 13 rings (SSSR count). The number of aryl methyl sites for hydroxylation is 10. The fraction of sp³-hybridized carbons (Fsp3) is 0.326. The van der Waals surface area contributed by atoms with Crippen molar-refractivity contribution in [2.24, 2.45) is 0 Å². The summed E-state index contributed by atoms with van der Waals surface area (Å²) in [7, 11) is 0. The molecule has 0 N–H and O–H groups in total. The van der Waals surface area contributed by atoms with Gasteiger partial charge in [-0.3, -0.25) is 0 Å². The molecule has 0 spiro atoms. The molecular weight excluding hydrogens is 1080 g/mol. The van der Waals surface area contributed by atoms with Crippen LogP contribution in [-0.2, 0) is 42.9 Å². The number of allylic oxidation sites excluding steroid dienone is 3. The van der Waals surface area contributed by atoms with Crippen LogP contribution >= 0.6 is 0 Å². The molecule has 0 aliphatic heterocycles. The molecule has 0 unspecified atom stereocenters. The van der Waals surface area contributed by atoms with Gasteiger partial charge in [0, 0.05) is 22.5 Å². The Morgan fingerprint density at radius 3 is 0.889 bits per heavy atom. The molecule has 0 bridgehead atoms. The zero-order valence-corrected chi connectivity index (χ0v) is 59.6. The Morgan fingerprint density at radius 1 is 0.311 bits per heavy atom. The minimum absolute atomic E-state index is 0.00616. The molecule has 0 atom stereocenters. The zero-order valence-electron chi connectivity index (χ0n) is 59.6. The fourth-order valence-corrected chi connectivity index (χ4v) is 12.7. The highest BCUT2D eigenvalue weighted by Gasteiger charge is 2.47. The van der Waals surface area contributed by atoms with Gasteiger partial charge in [0.05, 0.1) is 5.41 Å². The van der Waals surface area contributed by atoms with Crippen molar-refractivity contribution in [3.8, 4) is 22.3 Å². The summed E-state index contributed by atoms with van der Waals surface area (Å²) in [4.78, 5) is 2.29. The SMILES string of the molecule is C=CCC1(CC=C)c2cc(C)ccc2-c2ccc(C)cc21.C=CCc1ccc(N(c2ccc(C)cc2)c2ccc(C)cc2)cc1.CC.CC.CC.CC.CC.CC.CC.Cc1ccc2c(c1)C(c1ccc3c(c1)CC3)(c1ccc3c(c1)CC3)c1cc(C)ccc1-2. The summed E-state index contributed by atoms with van der Waals surface area (Å²) in [5, 5.41) is 0. The van der Waals surface area contributed by atoms with Crippen molar-refractivity contribution in [1.82, 2.24) is 0 Å². The van der Waals surface area contributed by atoms with Crippen molar-refractivity contribution in [2.45, 2.75) is 194 Å². The van der Waals surface area contributed by atoms with E-state index < -0.39 is 0 Å². The first-order valence-corrected chi connectivity index (χ1v) is 34.5. The fourth-order valence-electron chi connectivity index (χ4n) is 12.7. The predicted octanol–water partition coefficient (Wildman–Crippen LogP) is 26.3. The van der Waals surface area contributed by atoms with Crippen molar-refractivity contribution >= 4 is 17.1 Å². The second-order valence-electron chi connectivity index (χ2n) is 22.1. The normalized spacial score (nSPS) is 12.3. The lowest BCUT2D eigenvalue weighted by atomic mass is 9.65. The van der Waals surface area contributed by atoms with Gasteiger partial charge in [-0.25, -0.2) is 0 Å². The summed E-state index contributed by atoms with van der Waals surface area (Å²) in [5.74, 6) is 0. The van der Waals surface area contributed by atoms with Crippen LogP contribution in [0.15, 0.2) is 220 Å². The molecule has 90 heavy (non-hydrogen) atoms. The summed E-state index contributed by atoms with van der Waals surface area (Å²) in [6.45, 7) is 52.9. The second kappa shape index (κ2) is 36.6. The van der Waals surface area contributed by atoms with Gasteiger partial charge in [0.25, 0.3) is 0 Å². The maximum absolute atomic E-state index is 4.01. The monoisotopic (exact) mass is 1200 g/mol. The Labute approximate surface area is 549 Å². The molecule has 0 fully saturated rings. The number of hydrogen-bond acceptors (Lipinski definition) is 1. The van der Waals surface area contributed by atoms with Gasteiger partial charge in [-0.15, -0.1) is 19.7 Å². The highest BCUT2D eigenvalue weighted by atomic mass is 15.1. The van der Waals surface area contributed by atoms with Gasteiger partial charge in [-0.2, -0.15) is 0 Å². The lowest BCUT2D eigenvalue weighted by Crippen LogP contribution is -2.30. The zero-order chi connectivity index (χ0) is 66.7. The van der Waals surface area contributed by atoms with Gasteiger partial charge in [-0.05, 0) is 206 Å². The smallest absolute Gasteiger partial charge is 0.0713 e. The minimum Gasteiger partial charge on any atom is -0.311 e. The Kier molecular flexibility index (Phi) is 30.3. The quantitative estimate of drug-likeness (QED) is 0.117. The first kappa shape index (κ1) is 74.5. The number of rotatable bonds is 11. The van der Waals surface area contributed by atoms with Crippen molar-refractivity contribution < 1.29 is 0 Å². The molecule has 0 aromatic heterocycles. The minimum atomic E-state index is -0.238. The molecular formula is C89H113N. The van der Waals surface area contributed by atoms with E-state index >= 15 is 0 Å². The molecule has 1 heteroatoms. The molecule has 4 aliphatic rings. The molecule has 1 nitrogen and oxygen atoms in total. The number of nitrogens with zero attached hydrogens (tertiary/aromatic N) is 1. The predicted molar refractivity (Wildman–Crippen MR) is 404 cm³/mol. The average molecular weight is 1200 g/mol. The Morgan fingerprint density at radius 2 is 0.600 bits per heavy atom. The van der Waals surface area contributed by atoms with Crippen molar-refractivity contribution in [2.75, 3.05) is 4.90 Å². The molecule has 0 radical (unpaired) electrons. The van der Waals surface area contributed by atoms with Gasteiger partial charge in [0.1, 0.15) is 0 Å². The molecule has 0 saturated carbocycles. The van der Waals surface area contributed by atoms with Crippen molar-refractivity contribution in [3.05, 3.63) is 315 Å². The van der Waals surface area contributed by atoms with E-state index in [4.69, 9.17) is 0 Å². The van der Waals surface area contributed by atoms with Crippen LogP contribution in [-0.4, -0.2) is 0 Å². The summed E-state index contributed by atoms with van der Waals surface area (Å²) >= 11 is 0. The third kappa shape index (κ3) is 15.9. The maximum atomic E-state index is 4.01. The summed E-state index contributed by atoms with van der Waals surface area (Å²) < 4.78 is 0. The molecule has 4 aliphatic carbocycles. The molecule has 0 amide bonds. The molecule has 0 saturated heterocycles. The van der Waals surface area contributed by atoms with Crippen molar-refractivity contribution in [1.29, 1.82) is 0 Å². The van der Waals surface area contributed by atoms with Crippen LogP contribution in [0.2, 0.25) is 0 Å². The van der Waals surface area contributed by atoms with Gasteiger partial charge in [0.15, 0.2) is 0 Å². The average Bonchev–Trinajstić information content (AvgIpc) is 1.51. The van der Waals surface area contributed by atoms with E-state index in [9.17, 15) is 0 Å². The molecule has 0 heterocycles. The van der Waals surface area contributed by atoms with E-state index in [0.29, 0.717) is 0 Å². The van der Waals surface area contributed by atoms with E-state index in [-0.39, 0.29) is 10.8 Å². The lowest BCUT2D eigenvalue weighted by molar-refractivity contribution is 0.542. The first-order chi connectivity index (χ1) is 43.9. The van der Waals surface area contributed by atoms with Crippen LogP contribution in [0.3, 0.4) is 0 Å². The molecule has 9 aromatic rings. The number of benzene rings is 9. The molecule has 9 aromatic carbocycles. The van der Waals surface area contributed by atoms with Crippen LogP contribution in [0.5, 0.6) is 0 Å². The largest absolute Gasteiger partial charge is 0.311 e. The van der Waals surface area contributed by atoms with E-state index in [1.54, 1.807) is 0 Å². The van der Waals surface area contributed by atoms with Gasteiger partial charge in [-0.1, -0.05) is 294 Å². The Hall–Kier alpha value is -8.00. The van der Waals surface area contributed by atoms with Crippen molar-refractivity contribution in [3.63, 3.8) is 0 Å². The number of hydrogen-bond donors (Lipinski definition) is 0. The van der Waals surface area contributed by atoms with E-state index in [1.807, 2.05) is 115 Å². The Balaban J connectivity index is 0.000000267. The summed E-state index contributed by atoms with van der Waals surface area (Å²) in [6.07, 6.45) is 13.7. The molecule has 474 valence electrons. The number of fused-ring (bicyclic) bond motifs is 8. The lowest BCUT2D eigenvalue weighted by Gasteiger charge is -2.37. The Bertz CT molecular complexity index is 3460. The van der Waals surface area contributed by atoms with E-state index in [0.717, 1.165) is 24.9 Å². The van der Waals surface area contributed by atoms with Crippen LogP contribution in [0.4, 0.5) is 17.1 Å². The third-order valence-corrected chi connectivity index (χ3v) is 16.9. The highest BCUT2D eigenvalue weighted by Crippen LogP contribution is 2.58. The highest BCUT2D eigenvalue weighted by molar-refractivity contribution is 5.87. The van der Waals surface area contributed by atoms with Crippen LogP contribution in [0, 0.1) is 41.5 Å². The van der Waals surface area contributed by atoms with Gasteiger partial charge >= 0.3 is 0 Å². The summed E-state index contributed by atoms with van der Waals surface area (Å²) in [6, 6.07) is 68.5. The van der Waals surface area contributed by atoms with E-state index in [1.165, 1.54) is 154 Å². The van der Waals surface area contributed by atoms with Crippen LogP contribution in [0.25, 0.3) is 22.3 Å². The second-order valence-corrected chi connectivity index (χ2v) is 22.1.